The zero-order valence-corrected chi connectivity index (χ0v) is 12.6. The summed E-state index contributed by atoms with van der Waals surface area (Å²) in [4.78, 5) is 20.3. The second-order valence-electron chi connectivity index (χ2n) is 4.42. The van der Waals surface area contributed by atoms with Crippen LogP contribution in [-0.4, -0.2) is 61.4 Å². The highest BCUT2D eigenvalue weighted by atomic mass is 16.5. The van der Waals surface area contributed by atoms with Crippen LogP contribution in [0.3, 0.4) is 0 Å². The van der Waals surface area contributed by atoms with E-state index in [1.54, 1.807) is 7.11 Å². The summed E-state index contributed by atoms with van der Waals surface area (Å²) in [6.45, 7) is 3.61. The molecular weight excluding hydrogens is 278 g/mol. The van der Waals surface area contributed by atoms with Crippen molar-refractivity contribution in [2.24, 2.45) is 0 Å². The van der Waals surface area contributed by atoms with E-state index in [1.807, 2.05) is 39.2 Å². The molecule has 0 saturated heterocycles. The maximum absolute atomic E-state index is 9.10. The minimum atomic E-state index is -1.82. The van der Waals surface area contributed by atoms with Crippen molar-refractivity contribution >= 4 is 11.9 Å². The van der Waals surface area contributed by atoms with Gasteiger partial charge in [0.2, 0.25) is 0 Å². The van der Waals surface area contributed by atoms with Gasteiger partial charge in [-0.2, -0.15) is 0 Å². The summed E-state index contributed by atoms with van der Waals surface area (Å²) in [5.74, 6) is -2.04. The number of carboxylic acids is 2. The van der Waals surface area contributed by atoms with Gasteiger partial charge in [-0.3, -0.25) is 0 Å². The zero-order valence-electron chi connectivity index (χ0n) is 12.6. The SMILES string of the molecule is COc1cc(C)ccc1OCCN(C)C.O=C(O)C(=O)O. The molecule has 7 nitrogen and oxygen atoms in total. The molecule has 0 heterocycles. The van der Waals surface area contributed by atoms with Gasteiger partial charge in [-0.25, -0.2) is 9.59 Å². The number of carboxylic acid groups (broad SMARTS) is 2. The smallest absolute Gasteiger partial charge is 0.414 e. The van der Waals surface area contributed by atoms with E-state index in [1.165, 1.54) is 5.56 Å². The Kier molecular flexibility index (Phi) is 8.55. The highest BCUT2D eigenvalue weighted by molar-refractivity contribution is 6.27. The van der Waals surface area contributed by atoms with Crippen molar-refractivity contribution in [3.05, 3.63) is 23.8 Å². The first-order valence-electron chi connectivity index (χ1n) is 6.16. The number of rotatable bonds is 5. The van der Waals surface area contributed by atoms with E-state index in [0.29, 0.717) is 6.61 Å². The zero-order chi connectivity index (χ0) is 16.4. The molecule has 0 fully saturated rings. The summed E-state index contributed by atoms with van der Waals surface area (Å²) >= 11 is 0. The molecule has 1 aromatic carbocycles. The lowest BCUT2D eigenvalue weighted by Crippen LogP contribution is -2.19. The van der Waals surface area contributed by atoms with Gasteiger partial charge < -0.3 is 24.6 Å². The molecule has 2 N–H and O–H groups in total. The van der Waals surface area contributed by atoms with Gasteiger partial charge in [0.25, 0.3) is 0 Å². The maximum Gasteiger partial charge on any atom is 0.414 e. The molecule has 0 saturated carbocycles. The first-order chi connectivity index (χ1) is 9.77. The van der Waals surface area contributed by atoms with Crippen LogP contribution in [-0.2, 0) is 9.59 Å². The summed E-state index contributed by atoms with van der Waals surface area (Å²) < 4.78 is 10.9. The molecule has 1 aromatic rings. The molecule has 0 radical (unpaired) electrons. The van der Waals surface area contributed by atoms with Gasteiger partial charge in [0.05, 0.1) is 7.11 Å². The Hall–Kier alpha value is -2.28. The van der Waals surface area contributed by atoms with Crippen molar-refractivity contribution in [2.45, 2.75) is 6.92 Å². The molecule has 0 unspecified atom stereocenters. The van der Waals surface area contributed by atoms with E-state index < -0.39 is 11.9 Å². The third-order valence-corrected chi connectivity index (χ3v) is 2.30. The number of hydrogen-bond donors (Lipinski definition) is 2. The number of likely N-dealkylation sites (N-methyl/N-ethyl adjacent to an activating group) is 1. The van der Waals surface area contributed by atoms with Gasteiger partial charge in [0.1, 0.15) is 6.61 Å². The average molecular weight is 299 g/mol. The molecule has 0 bridgehead atoms. The fourth-order valence-electron chi connectivity index (χ4n) is 1.23. The van der Waals surface area contributed by atoms with Gasteiger partial charge in [0.15, 0.2) is 11.5 Å². The second-order valence-corrected chi connectivity index (χ2v) is 4.42. The van der Waals surface area contributed by atoms with E-state index >= 15 is 0 Å². The van der Waals surface area contributed by atoms with Crippen LogP contribution in [0.5, 0.6) is 11.5 Å². The number of nitrogens with zero attached hydrogens (tertiary/aromatic N) is 1. The lowest BCUT2D eigenvalue weighted by Gasteiger charge is -2.13. The molecular formula is C14H21NO6. The Bertz CT molecular complexity index is 461. The Balaban J connectivity index is 0.000000567. The Morgan fingerprint density at radius 1 is 1.14 bits per heavy atom. The van der Waals surface area contributed by atoms with E-state index in [4.69, 9.17) is 29.3 Å². The van der Waals surface area contributed by atoms with E-state index in [2.05, 4.69) is 4.90 Å². The number of carbonyl (C=O) groups is 2. The predicted octanol–water partition coefficient (Wildman–Crippen LogP) is 1.10. The van der Waals surface area contributed by atoms with Crippen molar-refractivity contribution in [3.63, 3.8) is 0 Å². The summed E-state index contributed by atoms with van der Waals surface area (Å²) in [6, 6.07) is 5.95. The number of methoxy groups -OCH3 is 1. The van der Waals surface area contributed by atoms with Gasteiger partial charge in [0, 0.05) is 6.54 Å². The normalized spacial score (nSPS) is 9.57. The van der Waals surface area contributed by atoms with Crippen LogP contribution in [0, 0.1) is 6.92 Å². The minimum Gasteiger partial charge on any atom is -0.493 e. The fourth-order valence-corrected chi connectivity index (χ4v) is 1.23. The molecule has 0 aliphatic carbocycles. The van der Waals surface area contributed by atoms with Crippen LogP contribution in [0.15, 0.2) is 18.2 Å². The lowest BCUT2D eigenvalue weighted by atomic mass is 10.2. The van der Waals surface area contributed by atoms with Crippen molar-refractivity contribution in [1.29, 1.82) is 0 Å². The minimum absolute atomic E-state index is 0.673. The summed E-state index contributed by atoms with van der Waals surface area (Å²) in [7, 11) is 5.71. The van der Waals surface area contributed by atoms with E-state index in [-0.39, 0.29) is 0 Å². The molecule has 0 aliphatic rings. The molecule has 1 rings (SSSR count). The topological polar surface area (TPSA) is 96.3 Å². The van der Waals surface area contributed by atoms with Gasteiger partial charge in [-0.15, -0.1) is 0 Å². The van der Waals surface area contributed by atoms with Crippen LogP contribution in [0.25, 0.3) is 0 Å². The predicted molar refractivity (Wildman–Crippen MR) is 77.1 cm³/mol. The van der Waals surface area contributed by atoms with Crippen LogP contribution in [0.4, 0.5) is 0 Å². The Morgan fingerprint density at radius 2 is 1.71 bits per heavy atom. The van der Waals surface area contributed by atoms with Gasteiger partial charge >= 0.3 is 11.9 Å². The molecule has 21 heavy (non-hydrogen) atoms. The van der Waals surface area contributed by atoms with E-state index in [0.717, 1.165) is 18.0 Å². The van der Waals surface area contributed by atoms with Crippen molar-refractivity contribution in [1.82, 2.24) is 4.90 Å². The Labute approximate surface area is 123 Å². The standard InChI is InChI=1S/C12H19NO2.C2H2O4/c1-10-5-6-11(12(9-10)14-4)15-8-7-13(2)3;3-1(4)2(5)6/h5-6,9H,7-8H2,1-4H3;(H,3,4)(H,5,6). The Morgan fingerprint density at radius 3 is 2.14 bits per heavy atom. The molecule has 0 aliphatic heterocycles. The molecule has 0 spiro atoms. The number of aryl methyl sites for hydroxylation is 1. The summed E-state index contributed by atoms with van der Waals surface area (Å²) in [5, 5.41) is 14.8. The van der Waals surface area contributed by atoms with Crippen LogP contribution in [0.2, 0.25) is 0 Å². The average Bonchev–Trinajstić information content (AvgIpc) is 2.40. The first-order valence-corrected chi connectivity index (χ1v) is 6.16. The van der Waals surface area contributed by atoms with E-state index in [9.17, 15) is 0 Å². The third kappa shape index (κ3) is 8.48. The highest BCUT2D eigenvalue weighted by Gasteiger charge is 2.04. The largest absolute Gasteiger partial charge is 0.493 e. The maximum atomic E-state index is 9.10. The highest BCUT2D eigenvalue weighted by Crippen LogP contribution is 2.27. The molecule has 0 amide bonds. The van der Waals surface area contributed by atoms with Crippen LogP contribution < -0.4 is 9.47 Å². The number of hydrogen-bond acceptors (Lipinski definition) is 5. The molecule has 0 aromatic heterocycles. The van der Waals surface area contributed by atoms with Crippen molar-refractivity contribution in [2.75, 3.05) is 34.4 Å². The number of benzene rings is 1. The second kappa shape index (κ2) is 9.60. The van der Waals surface area contributed by atoms with Gasteiger partial charge in [-0.1, -0.05) is 6.07 Å². The number of ether oxygens (including phenoxy) is 2. The monoisotopic (exact) mass is 299 g/mol. The summed E-state index contributed by atoms with van der Waals surface area (Å²) in [5.41, 5.74) is 1.17. The molecule has 118 valence electrons. The van der Waals surface area contributed by atoms with Crippen molar-refractivity contribution < 1.29 is 29.3 Å². The first kappa shape index (κ1) is 18.7. The quantitative estimate of drug-likeness (QED) is 0.786. The van der Waals surface area contributed by atoms with Crippen molar-refractivity contribution in [3.8, 4) is 11.5 Å². The third-order valence-electron chi connectivity index (χ3n) is 2.30. The number of aliphatic carboxylic acids is 2. The van der Waals surface area contributed by atoms with Gasteiger partial charge in [-0.05, 0) is 38.7 Å². The van der Waals surface area contributed by atoms with Crippen LogP contribution >= 0.6 is 0 Å². The molecule has 7 heteroatoms. The fraction of sp³-hybridized carbons (Fsp3) is 0.429. The lowest BCUT2D eigenvalue weighted by molar-refractivity contribution is -0.159. The summed E-state index contributed by atoms with van der Waals surface area (Å²) in [6.07, 6.45) is 0. The molecule has 0 atom stereocenters. The van der Waals surface area contributed by atoms with Crippen LogP contribution in [0.1, 0.15) is 5.56 Å².